The lowest BCUT2D eigenvalue weighted by atomic mass is 10.1. The van der Waals surface area contributed by atoms with Crippen molar-refractivity contribution in [3.63, 3.8) is 0 Å². The number of methoxy groups -OCH3 is 1. The first-order valence-electron chi connectivity index (χ1n) is 6.29. The maximum atomic E-state index is 5.07. The maximum absolute atomic E-state index is 5.07. The molecule has 5 nitrogen and oxygen atoms in total. The van der Waals surface area contributed by atoms with E-state index in [4.69, 9.17) is 4.74 Å². The fourth-order valence-corrected chi connectivity index (χ4v) is 2.04. The molecule has 1 aromatic carbocycles. The van der Waals surface area contributed by atoms with Crippen LogP contribution in [0.25, 0.3) is 10.9 Å². The van der Waals surface area contributed by atoms with Crippen molar-refractivity contribution >= 4 is 16.7 Å². The number of anilines is 1. The van der Waals surface area contributed by atoms with Gasteiger partial charge in [0.05, 0.1) is 12.6 Å². The van der Waals surface area contributed by atoms with E-state index in [9.17, 15) is 0 Å². The topological polar surface area (TPSA) is 59.9 Å². The van der Waals surface area contributed by atoms with Crippen molar-refractivity contribution in [2.75, 3.05) is 12.4 Å². The molecule has 2 heterocycles. The molecule has 0 aliphatic carbocycles. The van der Waals surface area contributed by atoms with Crippen LogP contribution in [0.1, 0.15) is 5.56 Å². The third-order valence-corrected chi connectivity index (χ3v) is 3.03. The molecule has 100 valence electrons. The molecule has 0 spiro atoms. The fraction of sp³-hybridized carbons (Fsp3) is 0.133. The van der Waals surface area contributed by atoms with Gasteiger partial charge in [-0.05, 0) is 11.6 Å². The number of hydrogen-bond acceptors (Lipinski definition) is 5. The lowest BCUT2D eigenvalue weighted by Gasteiger charge is -2.08. The molecule has 0 fully saturated rings. The summed E-state index contributed by atoms with van der Waals surface area (Å²) in [6.07, 6.45) is 3.28. The highest BCUT2D eigenvalue weighted by Gasteiger charge is 2.03. The Labute approximate surface area is 116 Å². The van der Waals surface area contributed by atoms with Crippen molar-refractivity contribution in [3.05, 3.63) is 54.5 Å². The largest absolute Gasteiger partial charge is 0.481 e. The summed E-state index contributed by atoms with van der Waals surface area (Å²) < 4.78 is 5.07. The molecule has 0 saturated heterocycles. The van der Waals surface area contributed by atoms with E-state index < -0.39 is 0 Å². The van der Waals surface area contributed by atoms with Crippen molar-refractivity contribution < 1.29 is 4.74 Å². The zero-order valence-electron chi connectivity index (χ0n) is 11.1. The smallest absolute Gasteiger partial charge is 0.218 e. The predicted molar refractivity (Wildman–Crippen MR) is 77.7 cm³/mol. The Hall–Kier alpha value is -2.69. The van der Waals surface area contributed by atoms with Crippen molar-refractivity contribution in [2.45, 2.75) is 6.54 Å². The molecule has 1 N–H and O–H groups in total. The first-order chi connectivity index (χ1) is 9.86. The van der Waals surface area contributed by atoms with Gasteiger partial charge >= 0.3 is 0 Å². The van der Waals surface area contributed by atoms with E-state index in [-0.39, 0.29) is 0 Å². The van der Waals surface area contributed by atoms with Crippen LogP contribution in [0.2, 0.25) is 0 Å². The summed E-state index contributed by atoms with van der Waals surface area (Å²) in [5.41, 5.74) is 2.13. The molecule has 0 unspecified atom stereocenters. The molecular formula is C15H14N4O. The normalized spacial score (nSPS) is 10.4. The fourth-order valence-electron chi connectivity index (χ4n) is 2.04. The van der Waals surface area contributed by atoms with E-state index in [1.807, 2.05) is 12.1 Å². The van der Waals surface area contributed by atoms with Gasteiger partial charge in [-0.3, -0.25) is 4.98 Å². The number of rotatable bonds is 4. The summed E-state index contributed by atoms with van der Waals surface area (Å²) in [7, 11) is 1.58. The van der Waals surface area contributed by atoms with Crippen LogP contribution in [0.4, 0.5) is 5.82 Å². The number of nitrogens with zero attached hydrogens (tertiary/aromatic N) is 3. The van der Waals surface area contributed by atoms with E-state index in [0.29, 0.717) is 12.4 Å². The highest BCUT2D eigenvalue weighted by Crippen LogP contribution is 2.17. The quantitative estimate of drug-likeness (QED) is 0.786. The van der Waals surface area contributed by atoms with Crippen LogP contribution < -0.4 is 10.1 Å². The number of nitrogens with one attached hydrogen (secondary N) is 1. The third-order valence-electron chi connectivity index (χ3n) is 3.03. The third kappa shape index (κ3) is 2.51. The number of pyridine rings is 1. The second kappa shape index (κ2) is 5.52. The zero-order chi connectivity index (χ0) is 13.8. The van der Waals surface area contributed by atoms with Gasteiger partial charge in [-0.1, -0.05) is 24.3 Å². The first-order valence-corrected chi connectivity index (χ1v) is 6.29. The SMILES string of the molecule is COc1cc(NCc2cccc3cccnc23)ncn1. The average molecular weight is 266 g/mol. The lowest BCUT2D eigenvalue weighted by Crippen LogP contribution is -2.03. The zero-order valence-corrected chi connectivity index (χ0v) is 11.1. The average Bonchev–Trinajstić information content (AvgIpc) is 2.53. The van der Waals surface area contributed by atoms with E-state index in [2.05, 4.69) is 38.5 Å². The van der Waals surface area contributed by atoms with Crippen LogP contribution >= 0.6 is 0 Å². The number of fused-ring (bicyclic) bond motifs is 1. The predicted octanol–water partition coefficient (Wildman–Crippen LogP) is 2.65. The Balaban J connectivity index is 1.83. The molecule has 0 amide bonds. The molecule has 3 aromatic rings. The maximum Gasteiger partial charge on any atom is 0.218 e. The van der Waals surface area contributed by atoms with Gasteiger partial charge in [0.25, 0.3) is 0 Å². The minimum atomic E-state index is 0.540. The Morgan fingerprint density at radius 2 is 2.00 bits per heavy atom. The summed E-state index contributed by atoms with van der Waals surface area (Å²) in [6.45, 7) is 0.647. The summed E-state index contributed by atoms with van der Waals surface area (Å²) >= 11 is 0. The number of benzene rings is 1. The molecular weight excluding hydrogens is 252 g/mol. The molecule has 3 rings (SSSR count). The summed E-state index contributed by atoms with van der Waals surface area (Å²) in [6, 6.07) is 11.9. The Morgan fingerprint density at radius 1 is 1.10 bits per heavy atom. The second-order valence-electron chi connectivity index (χ2n) is 4.29. The highest BCUT2D eigenvalue weighted by molar-refractivity contribution is 5.81. The highest BCUT2D eigenvalue weighted by atomic mass is 16.5. The lowest BCUT2D eigenvalue weighted by molar-refractivity contribution is 0.397. The van der Waals surface area contributed by atoms with E-state index >= 15 is 0 Å². The van der Waals surface area contributed by atoms with Gasteiger partial charge in [0, 0.05) is 24.2 Å². The van der Waals surface area contributed by atoms with Gasteiger partial charge in [0.2, 0.25) is 5.88 Å². The first kappa shape index (κ1) is 12.3. The van der Waals surface area contributed by atoms with Crippen molar-refractivity contribution in [1.29, 1.82) is 0 Å². The van der Waals surface area contributed by atoms with Gasteiger partial charge in [0.1, 0.15) is 12.1 Å². The standard InChI is InChI=1S/C15H14N4O/c1-20-14-8-13(18-10-19-14)17-9-12-5-2-4-11-6-3-7-16-15(11)12/h2-8,10H,9H2,1H3,(H,17,18,19). The van der Waals surface area contributed by atoms with Crippen molar-refractivity contribution in [3.8, 4) is 5.88 Å². The molecule has 0 saturated carbocycles. The Morgan fingerprint density at radius 3 is 2.90 bits per heavy atom. The van der Waals surface area contributed by atoms with Gasteiger partial charge in [-0.25, -0.2) is 9.97 Å². The summed E-state index contributed by atoms with van der Waals surface area (Å²) in [4.78, 5) is 12.6. The Bertz CT molecular complexity index is 724. The van der Waals surface area contributed by atoms with E-state index in [0.717, 1.165) is 22.3 Å². The summed E-state index contributed by atoms with van der Waals surface area (Å²) in [5, 5.41) is 4.39. The molecule has 0 bridgehead atoms. The molecule has 20 heavy (non-hydrogen) atoms. The van der Waals surface area contributed by atoms with Crippen LogP contribution in [-0.4, -0.2) is 22.1 Å². The van der Waals surface area contributed by atoms with Crippen molar-refractivity contribution in [2.24, 2.45) is 0 Å². The second-order valence-corrected chi connectivity index (χ2v) is 4.29. The molecule has 0 radical (unpaired) electrons. The van der Waals surface area contributed by atoms with Crippen LogP contribution in [0, 0.1) is 0 Å². The monoisotopic (exact) mass is 266 g/mol. The molecule has 0 aliphatic rings. The van der Waals surface area contributed by atoms with Gasteiger partial charge < -0.3 is 10.1 Å². The minimum absolute atomic E-state index is 0.540. The van der Waals surface area contributed by atoms with Gasteiger partial charge in [0.15, 0.2) is 0 Å². The van der Waals surface area contributed by atoms with Crippen LogP contribution in [0.3, 0.4) is 0 Å². The molecule has 2 aromatic heterocycles. The number of ether oxygens (including phenoxy) is 1. The number of aromatic nitrogens is 3. The Kier molecular flexibility index (Phi) is 3.41. The summed E-state index contributed by atoms with van der Waals surface area (Å²) in [5.74, 6) is 1.27. The number of para-hydroxylation sites is 1. The van der Waals surface area contributed by atoms with Crippen LogP contribution in [-0.2, 0) is 6.54 Å². The van der Waals surface area contributed by atoms with Crippen LogP contribution in [0.5, 0.6) is 5.88 Å². The van der Waals surface area contributed by atoms with E-state index in [1.54, 1.807) is 19.4 Å². The minimum Gasteiger partial charge on any atom is -0.481 e. The van der Waals surface area contributed by atoms with Crippen molar-refractivity contribution in [1.82, 2.24) is 15.0 Å². The van der Waals surface area contributed by atoms with Gasteiger partial charge in [-0.15, -0.1) is 0 Å². The van der Waals surface area contributed by atoms with E-state index in [1.165, 1.54) is 6.33 Å². The van der Waals surface area contributed by atoms with Gasteiger partial charge in [-0.2, -0.15) is 0 Å². The number of hydrogen-bond donors (Lipinski definition) is 1. The molecule has 5 heteroatoms. The van der Waals surface area contributed by atoms with Crippen LogP contribution in [0.15, 0.2) is 48.9 Å². The molecule has 0 atom stereocenters. The molecule has 0 aliphatic heterocycles.